The van der Waals surface area contributed by atoms with E-state index in [0.29, 0.717) is 4.21 Å². The Labute approximate surface area is 154 Å². The number of aromatic nitrogens is 2. The maximum atomic E-state index is 12.5. The Morgan fingerprint density at radius 3 is 2.54 bits per heavy atom. The van der Waals surface area contributed by atoms with E-state index in [1.54, 1.807) is 22.4 Å². The molecule has 1 N–H and O–H groups in total. The molecule has 1 amide bonds. The van der Waals surface area contributed by atoms with E-state index in [1.807, 2.05) is 0 Å². The molecule has 11 heteroatoms. The van der Waals surface area contributed by atoms with Gasteiger partial charge in [0.05, 0.1) is 11.8 Å². The Morgan fingerprint density at radius 1 is 1.27 bits per heavy atom. The minimum absolute atomic E-state index is 0.214. The van der Waals surface area contributed by atoms with E-state index in [4.69, 9.17) is 5.11 Å². The molecule has 0 bridgehead atoms. The average molecular weight is 398 g/mol. The van der Waals surface area contributed by atoms with Crippen molar-refractivity contribution >= 4 is 33.2 Å². The monoisotopic (exact) mass is 398 g/mol. The van der Waals surface area contributed by atoms with Crippen molar-refractivity contribution in [2.24, 2.45) is 0 Å². The van der Waals surface area contributed by atoms with Gasteiger partial charge < -0.3 is 10.0 Å². The van der Waals surface area contributed by atoms with Crippen LogP contribution in [0, 0.1) is 0 Å². The van der Waals surface area contributed by atoms with Crippen LogP contribution in [-0.2, 0) is 14.8 Å². The summed E-state index contributed by atoms with van der Waals surface area (Å²) in [6.45, 7) is 2.43. The first kappa shape index (κ1) is 18.5. The van der Waals surface area contributed by atoms with Gasteiger partial charge in [0.25, 0.3) is 15.9 Å². The highest BCUT2D eigenvalue weighted by molar-refractivity contribution is 7.91. The molecule has 0 aliphatic carbocycles. The van der Waals surface area contributed by atoms with Gasteiger partial charge in [-0.05, 0) is 18.4 Å². The van der Waals surface area contributed by atoms with Crippen LogP contribution in [0.4, 0.5) is 0 Å². The van der Waals surface area contributed by atoms with Crippen molar-refractivity contribution in [1.29, 1.82) is 0 Å². The Hall–Kier alpha value is -2.24. The highest BCUT2D eigenvalue weighted by atomic mass is 32.2. The number of carboxylic acids is 1. The van der Waals surface area contributed by atoms with Gasteiger partial charge >= 0.3 is 5.97 Å². The topological polar surface area (TPSA) is 113 Å². The van der Waals surface area contributed by atoms with Gasteiger partial charge in [-0.3, -0.25) is 9.48 Å². The summed E-state index contributed by atoms with van der Waals surface area (Å²) in [5.74, 6) is -1.33. The molecule has 2 aromatic rings. The summed E-state index contributed by atoms with van der Waals surface area (Å²) in [5, 5.41) is 14.6. The Bertz CT molecular complexity index is 898. The number of thiophene rings is 1. The van der Waals surface area contributed by atoms with Gasteiger partial charge in [0.2, 0.25) is 0 Å². The molecule has 26 heavy (non-hydrogen) atoms. The lowest BCUT2D eigenvalue weighted by Gasteiger charge is -2.33. The number of carbonyl (C=O) groups excluding carboxylic acids is 1. The molecule has 1 aliphatic heterocycles. The molecule has 140 valence electrons. The number of carboxylic acid groups (broad SMARTS) is 1. The largest absolute Gasteiger partial charge is 0.480 e. The number of piperazine rings is 1. The third-order valence-electron chi connectivity index (χ3n) is 4.22. The van der Waals surface area contributed by atoms with Crippen LogP contribution in [0.3, 0.4) is 0 Å². The molecule has 9 nitrogen and oxygen atoms in total. The Balaban J connectivity index is 1.65. The van der Waals surface area contributed by atoms with Crippen molar-refractivity contribution in [3.63, 3.8) is 0 Å². The third kappa shape index (κ3) is 3.50. The number of nitrogens with zero attached hydrogens (tertiary/aromatic N) is 4. The fraction of sp³-hybridized carbons (Fsp3) is 0.400. The smallest absolute Gasteiger partial charge is 0.328 e. The quantitative estimate of drug-likeness (QED) is 0.795. The van der Waals surface area contributed by atoms with E-state index in [2.05, 4.69) is 5.10 Å². The van der Waals surface area contributed by atoms with Gasteiger partial charge in [0, 0.05) is 32.4 Å². The zero-order valence-electron chi connectivity index (χ0n) is 14.0. The first-order valence-electron chi connectivity index (χ1n) is 7.90. The molecule has 2 aromatic heterocycles. The second kappa shape index (κ2) is 7.17. The van der Waals surface area contributed by atoms with Crippen molar-refractivity contribution in [3.8, 4) is 0 Å². The molecule has 1 aliphatic rings. The van der Waals surface area contributed by atoms with Crippen LogP contribution in [0.15, 0.2) is 34.1 Å². The lowest BCUT2D eigenvalue weighted by molar-refractivity contribution is -0.140. The molecular formula is C15H18N4O5S2. The van der Waals surface area contributed by atoms with E-state index in [0.717, 1.165) is 0 Å². The van der Waals surface area contributed by atoms with Crippen LogP contribution in [0.2, 0.25) is 0 Å². The molecule has 0 aromatic carbocycles. The second-order valence-corrected chi connectivity index (χ2v) is 8.96. The van der Waals surface area contributed by atoms with E-state index in [1.165, 1.54) is 39.6 Å². The maximum absolute atomic E-state index is 12.5. The number of hydrogen-bond acceptors (Lipinski definition) is 6. The number of aliphatic carboxylic acids is 1. The lowest BCUT2D eigenvalue weighted by atomic mass is 10.2. The molecule has 1 saturated heterocycles. The molecule has 1 fully saturated rings. The summed E-state index contributed by atoms with van der Waals surface area (Å²) in [6.07, 6.45) is 2.73. The Morgan fingerprint density at radius 2 is 1.96 bits per heavy atom. The first-order chi connectivity index (χ1) is 12.3. The standard InChI is InChI=1S/C15H18N4O5S2/c1-11(15(21)22)19-10-12(9-16-19)14(20)17-4-6-18(7-5-17)26(23,24)13-3-2-8-25-13/h2-3,8-11H,4-7H2,1H3,(H,21,22). The summed E-state index contributed by atoms with van der Waals surface area (Å²) in [4.78, 5) is 25.1. The maximum Gasteiger partial charge on any atom is 0.328 e. The minimum Gasteiger partial charge on any atom is -0.480 e. The minimum atomic E-state index is -3.52. The van der Waals surface area contributed by atoms with Crippen LogP contribution in [0.1, 0.15) is 23.3 Å². The van der Waals surface area contributed by atoms with Crippen LogP contribution in [-0.4, -0.2) is 70.6 Å². The molecule has 0 spiro atoms. The molecule has 1 atom stereocenters. The first-order valence-corrected chi connectivity index (χ1v) is 10.2. The summed E-state index contributed by atoms with van der Waals surface area (Å²) in [6, 6.07) is 2.38. The van der Waals surface area contributed by atoms with Gasteiger partial charge in [-0.2, -0.15) is 9.40 Å². The molecule has 3 rings (SSSR count). The number of rotatable bonds is 5. The number of carbonyl (C=O) groups is 2. The number of sulfonamides is 1. The molecule has 1 unspecified atom stereocenters. The van der Waals surface area contributed by atoms with Crippen LogP contribution in [0.5, 0.6) is 0 Å². The van der Waals surface area contributed by atoms with Crippen molar-refractivity contribution < 1.29 is 23.1 Å². The van der Waals surface area contributed by atoms with Crippen LogP contribution >= 0.6 is 11.3 Å². The lowest BCUT2D eigenvalue weighted by Crippen LogP contribution is -2.50. The summed E-state index contributed by atoms with van der Waals surface area (Å²) in [7, 11) is -3.52. The van der Waals surface area contributed by atoms with E-state index < -0.39 is 22.0 Å². The third-order valence-corrected chi connectivity index (χ3v) is 7.49. The van der Waals surface area contributed by atoms with Gasteiger partial charge in [0.1, 0.15) is 10.3 Å². The zero-order valence-corrected chi connectivity index (χ0v) is 15.6. The highest BCUT2D eigenvalue weighted by Gasteiger charge is 2.31. The molecule has 0 radical (unpaired) electrons. The van der Waals surface area contributed by atoms with E-state index in [9.17, 15) is 18.0 Å². The fourth-order valence-corrected chi connectivity index (χ4v) is 5.19. The zero-order chi connectivity index (χ0) is 18.9. The van der Waals surface area contributed by atoms with E-state index >= 15 is 0 Å². The number of hydrogen-bond donors (Lipinski definition) is 1. The fourth-order valence-electron chi connectivity index (χ4n) is 2.63. The van der Waals surface area contributed by atoms with Gasteiger partial charge in [-0.1, -0.05) is 6.07 Å². The van der Waals surface area contributed by atoms with Crippen molar-refractivity contribution in [3.05, 3.63) is 35.5 Å². The number of amides is 1. The SMILES string of the molecule is CC(C(=O)O)n1cc(C(=O)N2CCN(S(=O)(=O)c3cccs3)CC2)cn1. The average Bonchev–Trinajstić information content (AvgIpc) is 3.32. The predicted molar refractivity (Wildman–Crippen MR) is 93.6 cm³/mol. The molecule has 3 heterocycles. The molecular weight excluding hydrogens is 380 g/mol. The van der Waals surface area contributed by atoms with Crippen LogP contribution in [0.25, 0.3) is 0 Å². The summed E-state index contributed by atoms with van der Waals surface area (Å²) >= 11 is 1.17. The van der Waals surface area contributed by atoms with Crippen LogP contribution < -0.4 is 0 Å². The predicted octanol–water partition coefficient (Wildman–Crippen LogP) is 0.737. The van der Waals surface area contributed by atoms with Crippen molar-refractivity contribution in [1.82, 2.24) is 19.0 Å². The van der Waals surface area contributed by atoms with Gasteiger partial charge in [0.15, 0.2) is 0 Å². The highest BCUT2D eigenvalue weighted by Crippen LogP contribution is 2.22. The second-order valence-electron chi connectivity index (χ2n) is 5.85. The Kier molecular flexibility index (Phi) is 5.12. The molecule has 0 saturated carbocycles. The van der Waals surface area contributed by atoms with Gasteiger partial charge in [-0.25, -0.2) is 13.2 Å². The van der Waals surface area contributed by atoms with E-state index in [-0.39, 0.29) is 37.6 Å². The van der Waals surface area contributed by atoms with Crippen molar-refractivity contribution in [2.45, 2.75) is 17.2 Å². The normalized spacial score (nSPS) is 17.2. The van der Waals surface area contributed by atoms with Gasteiger partial charge in [-0.15, -0.1) is 11.3 Å². The summed E-state index contributed by atoms with van der Waals surface area (Å²) < 4.78 is 27.9. The van der Waals surface area contributed by atoms with Crippen molar-refractivity contribution in [2.75, 3.05) is 26.2 Å². The summed E-state index contributed by atoms with van der Waals surface area (Å²) in [5.41, 5.74) is 0.285.